The summed E-state index contributed by atoms with van der Waals surface area (Å²) in [5.74, 6) is 0.252. The number of ether oxygens (including phenoxy) is 1. The average molecular weight is 302 g/mol. The van der Waals surface area contributed by atoms with E-state index in [-0.39, 0.29) is 17.7 Å². The van der Waals surface area contributed by atoms with Crippen LogP contribution in [0, 0.1) is 0 Å². The molecular formula is C16H18N2O4. The number of hydrogen-bond acceptors (Lipinski definition) is 4. The van der Waals surface area contributed by atoms with Gasteiger partial charge in [0.05, 0.1) is 12.6 Å². The lowest BCUT2D eigenvalue weighted by Gasteiger charge is -2.31. The van der Waals surface area contributed by atoms with E-state index >= 15 is 0 Å². The molecule has 6 heteroatoms. The van der Waals surface area contributed by atoms with Gasteiger partial charge in [-0.25, -0.2) is 4.79 Å². The number of hydrogen-bond donors (Lipinski definition) is 0. The van der Waals surface area contributed by atoms with Gasteiger partial charge < -0.3 is 14.1 Å². The van der Waals surface area contributed by atoms with Gasteiger partial charge in [0.2, 0.25) is 5.91 Å². The van der Waals surface area contributed by atoms with Crippen LogP contribution in [0.4, 0.5) is 0 Å². The zero-order valence-electron chi connectivity index (χ0n) is 12.4. The molecule has 6 nitrogen and oxygen atoms in total. The molecule has 0 radical (unpaired) electrons. The van der Waals surface area contributed by atoms with Crippen molar-refractivity contribution in [1.29, 1.82) is 0 Å². The van der Waals surface area contributed by atoms with Gasteiger partial charge in [-0.3, -0.25) is 9.36 Å². The fourth-order valence-electron chi connectivity index (χ4n) is 2.96. The summed E-state index contributed by atoms with van der Waals surface area (Å²) in [7, 11) is 1.59. The highest BCUT2D eigenvalue weighted by molar-refractivity contribution is 5.87. The number of likely N-dealkylation sites (tertiary alicyclic amines) is 1. The van der Waals surface area contributed by atoms with Gasteiger partial charge in [-0.2, -0.15) is 0 Å². The number of carbonyl (C=O) groups excluding carboxylic acids is 1. The minimum absolute atomic E-state index is 0.0229. The predicted octanol–water partition coefficient (Wildman–Crippen LogP) is 1.95. The quantitative estimate of drug-likeness (QED) is 0.813. The first kappa shape index (κ1) is 14.4. The zero-order chi connectivity index (χ0) is 15.7. The van der Waals surface area contributed by atoms with E-state index in [1.165, 1.54) is 6.08 Å². The van der Waals surface area contributed by atoms with E-state index in [4.69, 9.17) is 9.15 Å². The zero-order valence-corrected chi connectivity index (χ0v) is 12.4. The van der Waals surface area contributed by atoms with Crippen molar-refractivity contribution < 1.29 is 13.9 Å². The molecule has 1 aliphatic rings. The van der Waals surface area contributed by atoms with Gasteiger partial charge in [-0.1, -0.05) is 6.58 Å². The van der Waals surface area contributed by atoms with E-state index in [0.717, 1.165) is 5.52 Å². The largest absolute Gasteiger partial charge is 0.497 e. The van der Waals surface area contributed by atoms with Gasteiger partial charge in [0.1, 0.15) is 5.75 Å². The summed E-state index contributed by atoms with van der Waals surface area (Å²) >= 11 is 0. The maximum absolute atomic E-state index is 12.2. The number of carbonyl (C=O) groups is 1. The third-order valence-electron chi connectivity index (χ3n) is 4.14. The minimum atomic E-state index is -0.364. The van der Waals surface area contributed by atoms with Crippen LogP contribution >= 0.6 is 0 Å². The second-order valence-electron chi connectivity index (χ2n) is 5.33. The van der Waals surface area contributed by atoms with Gasteiger partial charge in [0.15, 0.2) is 5.58 Å². The molecule has 0 bridgehead atoms. The number of oxazole rings is 1. The molecule has 1 aromatic carbocycles. The molecule has 0 spiro atoms. The molecule has 1 aromatic heterocycles. The van der Waals surface area contributed by atoms with Crippen LogP contribution in [0.5, 0.6) is 5.75 Å². The molecule has 1 saturated heterocycles. The molecule has 0 atom stereocenters. The molecule has 116 valence electrons. The number of amides is 1. The predicted molar refractivity (Wildman–Crippen MR) is 82.1 cm³/mol. The molecule has 1 amide bonds. The highest BCUT2D eigenvalue weighted by Crippen LogP contribution is 2.27. The van der Waals surface area contributed by atoms with E-state index in [9.17, 15) is 9.59 Å². The van der Waals surface area contributed by atoms with Crippen molar-refractivity contribution in [3.8, 4) is 5.75 Å². The first-order valence-corrected chi connectivity index (χ1v) is 7.24. The van der Waals surface area contributed by atoms with Crippen LogP contribution in [0.3, 0.4) is 0 Å². The van der Waals surface area contributed by atoms with Crippen LogP contribution in [0.25, 0.3) is 11.1 Å². The summed E-state index contributed by atoms with van der Waals surface area (Å²) in [4.78, 5) is 25.5. The molecule has 22 heavy (non-hydrogen) atoms. The highest BCUT2D eigenvalue weighted by atomic mass is 16.5. The number of methoxy groups -OCH3 is 1. The van der Waals surface area contributed by atoms with Crippen LogP contribution in [-0.2, 0) is 4.79 Å². The first-order chi connectivity index (χ1) is 10.6. The molecule has 3 rings (SSSR count). The van der Waals surface area contributed by atoms with Crippen LogP contribution in [0.15, 0.2) is 40.1 Å². The number of rotatable bonds is 3. The normalized spacial score (nSPS) is 16.0. The van der Waals surface area contributed by atoms with Crippen LogP contribution < -0.4 is 10.5 Å². The van der Waals surface area contributed by atoms with Crippen LogP contribution in [0.2, 0.25) is 0 Å². The van der Waals surface area contributed by atoms with Gasteiger partial charge >= 0.3 is 5.76 Å². The molecule has 0 aliphatic carbocycles. The van der Waals surface area contributed by atoms with Crippen molar-refractivity contribution >= 4 is 17.0 Å². The van der Waals surface area contributed by atoms with E-state index < -0.39 is 0 Å². The van der Waals surface area contributed by atoms with Crippen LogP contribution in [0.1, 0.15) is 18.9 Å². The highest BCUT2D eigenvalue weighted by Gasteiger charge is 2.26. The molecule has 2 aromatic rings. The number of nitrogens with zero attached hydrogens (tertiary/aromatic N) is 2. The lowest BCUT2D eigenvalue weighted by atomic mass is 10.0. The molecular weight excluding hydrogens is 284 g/mol. The fourth-order valence-corrected chi connectivity index (χ4v) is 2.96. The molecule has 0 unspecified atom stereocenters. The van der Waals surface area contributed by atoms with Gasteiger partial charge in [0.25, 0.3) is 0 Å². The lowest BCUT2D eigenvalue weighted by Crippen LogP contribution is -2.39. The van der Waals surface area contributed by atoms with E-state index in [2.05, 4.69) is 6.58 Å². The van der Waals surface area contributed by atoms with Crippen molar-refractivity contribution in [2.24, 2.45) is 0 Å². The first-order valence-electron chi connectivity index (χ1n) is 7.24. The Bertz CT molecular complexity index is 766. The standard InChI is InChI=1S/C16H18N2O4/c1-3-15(19)17-8-6-11(7-9-17)18-13-10-12(21-2)4-5-14(13)22-16(18)20/h3-5,10-11H,1,6-9H2,2H3. The molecule has 0 N–H and O–H groups in total. The van der Waals surface area contributed by atoms with Crippen LogP contribution in [-0.4, -0.2) is 35.6 Å². The number of fused-ring (bicyclic) bond motifs is 1. The van der Waals surface area contributed by atoms with Crippen molar-refractivity contribution in [1.82, 2.24) is 9.47 Å². The van der Waals surface area contributed by atoms with Crippen molar-refractivity contribution in [3.63, 3.8) is 0 Å². The van der Waals surface area contributed by atoms with E-state index in [1.807, 2.05) is 6.07 Å². The summed E-state index contributed by atoms with van der Waals surface area (Å²) in [6.07, 6.45) is 2.75. The van der Waals surface area contributed by atoms with Crippen molar-refractivity contribution in [3.05, 3.63) is 41.4 Å². The number of aromatic nitrogens is 1. The topological polar surface area (TPSA) is 64.7 Å². The van der Waals surface area contributed by atoms with Gasteiger partial charge in [-0.15, -0.1) is 0 Å². The Labute approximate surface area is 127 Å². The SMILES string of the molecule is C=CC(=O)N1CCC(n2c(=O)oc3ccc(OC)cc32)CC1. The number of piperidine rings is 1. The third kappa shape index (κ3) is 2.41. The second kappa shape index (κ2) is 5.71. The Morgan fingerprint density at radius 1 is 1.41 bits per heavy atom. The van der Waals surface area contributed by atoms with Gasteiger partial charge in [0, 0.05) is 25.2 Å². The maximum atomic E-state index is 12.2. The molecule has 2 heterocycles. The van der Waals surface area contributed by atoms with E-state index in [0.29, 0.717) is 37.3 Å². The molecule has 0 saturated carbocycles. The summed E-state index contributed by atoms with van der Waals surface area (Å²) in [6.45, 7) is 4.72. The fraction of sp³-hybridized carbons (Fsp3) is 0.375. The summed E-state index contributed by atoms with van der Waals surface area (Å²) in [5.41, 5.74) is 1.29. The number of benzene rings is 1. The lowest BCUT2D eigenvalue weighted by molar-refractivity contribution is -0.127. The third-order valence-corrected chi connectivity index (χ3v) is 4.14. The Morgan fingerprint density at radius 3 is 2.77 bits per heavy atom. The smallest absolute Gasteiger partial charge is 0.420 e. The summed E-state index contributed by atoms with van der Waals surface area (Å²) < 4.78 is 12.2. The monoisotopic (exact) mass is 302 g/mol. The van der Waals surface area contributed by atoms with E-state index in [1.54, 1.807) is 28.7 Å². The molecule has 1 fully saturated rings. The molecule has 1 aliphatic heterocycles. The Hall–Kier alpha value is -2.50. The Kier molecular flexibility index (Phi) is 3.75. The van der Waals surface area contributed by atoms with Crippen molar-refractivity contribution in [2.75, 3.05) is 20.2 Å². The van der Waals surface area contributed by atoms with Gasteiger partial charge in [-0.05, 0) is 31.1 Å². The Morgan fingerprint density at radius 2 is 2.14 bits per heavy atom. The maximum Gasteiger partial charge on any atom is 0.420 e. The Balaban J connectivity index is 1.91. The second-order valence-corrected chi connectivity index (χ2v) is 5.33. The summed E-state index contributed by atoms with van der Waals surface area (Å²) in [6, 6.07) is 5.33. The minimum Gasteiger partial charge on any atom is -0.497 e. The summed E-state index contributed by atoms with van der Waals surface area (Å²) in [5, 5.41) is 0. The van der Waals surface area contributed by atoms with Crippen molar-refractivity contribution in [2.45, 2.75) is 18.9 Å². The average Bonchev–Trinajstić information content (AvgIpc) is 2.89.